The van der Waals surface area contributed by atoms with Gasteiger partial charge in [0, 0.05) is 65.4 Å². The number of benzene rings is 3. The summed E-state index contributed by atoms with van der Waals surface area (Å²) in [7, 11) is 2.07. The zero-order valence-corrected chi connectivity index (χ0v) is 29.6. The van der Waals surface area contributed by atoms with Crippen molar-refractivity contribution < 1.29 is 24.0 Å². The van der Waals surface area contributed by atoms with E-state index < -0.39 is 29.2 Å². The highest BCUT2D eigenvalue weighted by molar-refractivity contribution is 6.22. The Morgan fingerprint density at radius 1 is 0.923 bits per heavy atom. The van der Waals surface area contributed by atoms with Crippen molar-refractivity contribution in [2.75, 3.05) is 31.6 Å². The first-order valence-electron chi connectivity index (χ1n) is 17.8. The number of fused-ring (bicyclic) bond motifs is 5. The SMILES string of the molecule is CCc1cc2c(cc1N1CCC(N(C)Cc3ccc4c(c3)C(=O)N(N3CCC(=O)NC3=O)C4=O)CC1)C(C)(C)c1[nH]c3cc(C#N)ccc3c1C2=O. The molecule has 4 heterocycles. The molecule has 52 heavy (non-hydrogen) atoms. The smallest absolute Gasteiger partial charge is 0.343 e. The Balaban J connectivity index is 0.979. The Bertz CT molecular complexity index is 2290. The fourth-order valence-corrected chi connectivity index (χ4v) is 8.46. The fourth-order valence-electron chi connectivity index (χ4n) is 8.46. The first kappa shape index (κ1) is 33.3. The number of hydrogen-bond donors (Lipinski definition) is 2. The molecule has 0 spiro atoms. The second-order valence-electron chi connectivity index (χ2n) is 14.7. The van der Waals surface area contributed by atoms with Gasteiger partial charge in [0.05, 0.1) is 34.9 Å². The summed E-state index contributed by atoms with van der Waals surface area (Å²) in [5, 5.41) is 14.3. The molecule has 12 heteroatoms. The largest absolute Gasteiger partial charge is 0.371 e. The predicted octanol–water partition coefficient (Wildman–Crippen LogP) is 5.03. The average molecular weight is 698 g/mol. The van der Waals surface area contributed by atoms with Crippen LogP contribution in [0.1, 0.15) is 105 Å². The number of nitriles is 1. The molecule has 4 aliphatic rings. The third kappa shape index (κ3) is 5.10. The number of urea groups is 1. The molecule has 2 fully saturated rings. The minimum absolute atomic E-state index is 0.00929. The molecule has 3 aliphatic heterocycles. The number of imide groups is 2. The monoisotopic (exact) mass is 697 g/mol. The number of aryl methyl sites for hydroxylation is 1. The molecule has 0 bridgehead atoms. The van der Waals surface area contributed by atoms with E-state index in [9.17, 15) is 29.2 Å². The lowest BCUT2D eigenvalue weighted by molar-refractivity contribution is -0.122. The van der Waals surface area contributed by atoms with Crippen LogP contribution in [-0.2, 0) is 23.2 Å². The molecule has 0 atom stereocenters. The van der Waals surface area contributed by atoms with E-state index in [1.165, 1.54) is 0 Å². The van der Waals surface area contributed by atoms with Crippen LogP contribution in [0.15, 0.2) is 48.5 Å². The van der Waals surface area contributed by atoms with Crippen LogP contribution in [0.3, 0.4) is 0 Å². The third-order valence-electron chi connectivity index (χ3n) is 11.4. The summed E-state index contributed by atoms with van der Waals surface area (Å²) in [4.78, 5) is 72.7. The minimum atomic E-state index is -0.782. The number of anilines is 1. The van der Waals surface area contributed by atoms with Crippen molar-refractivity contribution in [3.8, 4) is 6.07 Å². The van der Waals surface area contributed by atoms with Gasteiger partial charge in [-0.15, -0.1) is 0 Å². The maximum Gasteiger partial charge on any atom is 0.343 e. The topological polar surface area (TPSA) is 150 Å². The Hall–Kier alpha value is -5.80. The number of hydrazine groups is 1. The van der Waals surface area contributed by atoms with E-state index in [0.29, 0.717) is 23.7 Å². The van der Waals surface area contributed by atoms with E-state index in [-0.39, 0.29) is 29.9 Å². The lowest BCUT2D eigenvalue weighted by Gasteiger charge is -2.40. The molecule has 0 unspecified atom stereocenters. The van der Waals surface area contributed by atoms with Crippen LogP contribution < -0.4 is 10.2 Å². The van der Waals surface area contributed by atoms with Gasteiger partial charge >= 0.3 is 6.03 Å². The molecule has 0 radical (unpaired) electrons. The standard InChI is InChI=1S/C40H39N7O5/c1-5-24-18-29-30(40(2,3)36-34(35(29)49)27-9-6-22(20-41)17-31(27)42-36)19-32(24)45-13-10-25(11-14-45)44(4)21-23-7-8-26-28(16-23)38(51)47(37(26)50)46-15-12-33(48)43-39(46)52/h6-9,16-19,25,42H,5,10-15,21H2,1-4H3,(H,43,48,52). The summed E-state index contributed by atoms with van der Waals surface area (Å²) in [5.41, 5.74) is 7.89. The van der Waals surface area contributed by atoms with E-state index in [1.807, 2.05) is 18.2 Å². The number of rotatable bonds is 6. The van der Waals surface area contributed by atoms with Crippen molar-refractivity contribution >= 4 is 46.1 Å². The minimum Gasteiger partial charge on any atom is -0.371 e. The zero-order chi connectivity index (χ0) is 36.6. The second kappa shape index (κ2) is 12.2. The number of amides is 5. The van der Waals surface area contributed by atoms with Gasteiger partial charge in [-0.05, 0) is 79.4 Å². The number of ketones is 1. The van der Waals surface area contributed by atoms with Crippen molar-refractivity contribution in [1.82, 2.24) is 25.2 Å². The first-order chi connectivity index (χ1) is 24.9. The molecular weight excluding hydrogens is 658 g/mol. The van der Waals surface area contributed by atoms with Crippen molar-refractivity contribution in [2.45, 2.75) is 64.5 Å². The first-order valence-corrected chi connectivity index (χ1v) is 17.8. The van der Waals surface area contributed by atoms with Gasteiger partial charge in [-0.2, -0.15) is 10.3 Å². The summed E-state index contributed by atoms with van der Waals surface area (Å²) in [6.45, 7) is 8.66. The van der Waals surface area contributed by atoms with Crippen LogP contribution in [0.25, 0.3) is 10.9 Å². The van der Waals surface area contributed by atoms with Gasteiger partial charge in [0.25, 0.3) is 11.8 Å². The quantitative estimate of drug-likeness (QED) is 0.267. The Morgan fingerprint density at radius 3 is 2.38 bits per heavy atom. The maximum absolute atomic E-state index is 14.1. The molecule has 3 aromatic carbocycles. The fraction of sp³-hybridized carbons (Fsp3) is 0.350. The Labute approximate surface area is 300 Å². The van der Waals surface area contributed by atoms with Crippen LogP contribution in [0.2, 0.25) is 0 Å². The van der Waals surface area contributed by atoms with Gasteiger partial charge < -0.3 is 9.88 Å². The van der Waals surface area contributed by atoms with Gasteiger partial charge in [-0.25, -0.2) is 9.80 Å². The van der Waals surface area contributed by atoms with E-state index in [4.69, 9.17) is 0 Å². The number of aromatic nitrogens is 1. The summed E-state index contributed by atoms with van der Waals surface area (Å²) in [5.74, 6) is -1.57. The van der Waals surface area contributed by atoms with Gasteiger partial charge in [0.15, 0.2) is 5.78 Å². The van der Waals surface area contributed by atoms with Crippen molar-refractivity contribution in [3.05, 3.63) is 98.7 Å². The molecule has 0 saturated carbocycles. The molecule has 12 nitrogen and oxygen atoms in total. The molecule has 1 aliphatic carbocycles. The second-order valence-corrected chi connectivity index (χ2v) is 14.7. The number of nitrogens with zero attached hydrogens (tertiary/aromatic N) is 5. The highest BCUT2D eigenvalue weighted by Gasteiger charge is 2.44. The van der Waals surface area contributed by atoms with Crippen LogP contribution in [0.5, 0.6) is 0 Å². The number of hydrogen-bond acceptors (Lipinski definition) is 8. The number of carbonyl (C=O) groups excluding carboxylic acids is 5. The van der Waals surface area contributed by atoms with Crippen molar-refractivity contribution in [2.24, 2.45) is 0 Å². The summed E-state index contributed by atoms with van der Waals surface area (Å²) in [6.07, 6.45) is 2.64. The average Bonchev–Trinajstić information content (AvgIpc) is 3.65. The molecule has 2 saturated heterocycles. The van der Waals surface area contributed by atoms with Gasteiger partial charge in [0.1, 0.15) is 0 Å². The van der Waals surface area contributed by atoms with Crippen LogP contribution >= 0.6 is 0 Å². The zero-order valence-electron chi connectivity index (χ0n) is 29.6. The molecule has 5 amide bonds. The summed E-state index contributed by atoms with van der Waals surface area (Å²) in [6, 6.07) is 16.7. The molecule has 264 valence electrons. The normalized spacial score (nSPS) is 18.5. The lowest BCUT2D eigenvalue weighted by atomic mass is 9.70. The van der Waals surface area contributed by atoms with Gasteiger partial charge in [-0.1, -0.05) is 32.9 Å². The number of piperidine rings is 1. The Kier molecular flexibility index (Phi) is 7.80. The van der Waals surface area contributed by atoms with Gasteiger partial charge in [0.2, 0.25) is 5.91 Å². The van der Waals surface area contributed by atoms with Crippen LogP contribution in [0.4, 0.5) is 10.5 Å². The number of nitrogens with one attached hydrogen (secondary N) is 2. The highest BCUT2D eigenvalue weighted by Crippen LogP contribution is 2.46. The maximum atomic E-state index is 14.1. The molecule has 1 aromatic heterocycles. The molecular formula is C40H39N7O5. The lowest BCUT2D eigenvalue weighted by Crippen LogP contribution is -2.58. The van der Waals surface area contributed by atoms with Crippen molar-refractivity contribution in [1.29, 1.82) is 5.26 Å². The van der Waals surface area contributed by atoms with E-state index in [0.717, 1.165) is 86.9 Å². The number of carbonyl (C=O) groups is 5. The van der Waals surface area contributed by atoms with Crippen molar-refractivity contribution in [3.63, 3.8) is 0 Å². The summed E-state index contributed by atoms with van der Waals surface area (Å²) >= 11 is 0. The van der Waals surface area contributed by atoms with Crippen LogP contribution in [-0.4, -0.2) is 82.2 Å². The molecule has 4 aromatic rings. The number of aromatic amines is 1. The Morgan fingerprint density at radius 2 is 1.67 bits per heavy atom. The third-order valence-corrected chi connectivity index (χ3v) is 11.4. The van der Waals surface area contributed by atoms with Gasteiger partial charge in [-0.3, -0.25) is 29.4 Å². The molecule has 2 N–H and O–H groups in total. The predicted molar refractivity (Wildman–Crippen MR) is 193 cm³/mol. The van der Waals surface area contributed by atoms with E-state index in [2.05, 4.69) is 66.1 Å². The highest BCUT2D eigenvalue weighted by atomic mass is 16.2. The van der Waals surface area contributed by atoms with E-state index >= 15 is 0 Å². The summed E-state index contributed by atoms with van der Waals surface area (Å²) < 4.78 is 0. The van der Waals surface area contributed by atoms with E-state index in [1.54, 1.807) is 18.2 Å². The van der Waals surface area contributed by atoms with Crippen LogP contribution in [0, 0.1) is 11.3 Å². The number of H-pyrrole nitrogens is 1. The molecule has 8 rings (SSSR count).